The van der Waals surface area contributed by atoms with E-state index in [1.165, 1.54) is 9.47 Å². The first-order valence-corrected chi connectivity index (χ1v) is 11.0. The van der Waals surface area contributed by atoms with E-state index in [0.717, 1.165) is 23.1 Å². The van der Waals surface area contributed by atoms with E-state index < -0.39 is 17.2 Å². The molecular weight excluding hydrogens is 420 g/mol. The molecule has 0 bridgehead atoms. The predicted molar refractivity (Wildman–Crippen MR) is 130 cm³/mol. The predicted octanol–water partition coefficient (Wildman–Crippen LogP) is 3.00. The fourth-order valence-electron chi connectivity index (χ4n) is 3.47. The summed E-state index contributed by atoms with van der Waals surface area (Å²) in [4.78, 5) is 42.0. The normalized spacial score (nSPS) is 10.8. The van der Waals surface area contributed by atoms with Crippen LogP contribution in [0.3, 0.4) is 0 Å². The number of unbranched alkanes of at least 4 members (excludes halogenated alkanes) is 1. The van der Waals surface area contributed by atoms with Crippen molar-refractivity contribution in [3.63, 3.8) is 0 Å². The van der Waals surface area contributed by atoms with Gasteiger partial charge in [0, 0.05) is 6.54 Å². The molecule has 0 saturated heterocycles. The number of hydrogen-bond acceptors (Lipinski definition) is 5. The third-order valence-electron chi connectivity index (χ3n) is 5.54. The highest BCUT2D eigenvalue weighted by Crippen LogP contribution is 2.20. The van der Waals surface area contributed by atoms with Gasteiger partial charge in [-0.05, 0) is 49.1 Å². The van der Waals surface area contributed by atoms with Crippen LogP contribution in [0, 0.1) is 13.8 Å². The second-order valence-electron chi connectivity index (χ2n) is 8.00. The molecule has 0 aliphatic heterocycles. The molecule has 0 aliphatic rings. The van der Waals surface area contributed by atoms with Crippen molar-refractivity contribution in [3.8, 4) is 5.75 Å². The number of amides is 1. The number of carbonyl (C=O) groups is 1. The Labute approximate surface area is 192 Å². The largest absolute Gasteiger partial charge is 0.484 e. The third kappa shape index (κ3) is 5.71. The number of aromatic amines is 1. The minimum Gasteiger partial charge on any atom is -0.484 e. The highest BCUT2D eigenvalue weighted by Gasteiger charge is 2.24. The summed E-state index contributed by atoms with van der Waals surface area (Å²) in [6.07, 6.45) is 1.47. The zero-order valence-electron chi connectivity index (χ0n) is 19.3. The lowest BCUT2D eigenvalue weighted by molar-refractivity contribution is -0.120. The van der Waals surface area contributed by atoms with Gasteiger partial charge in [-0.2, -0.15) is 0 Å². The van der Waals surface area contributed by atoms with E-state index in [4.69, 9.17) is 10.5 Å². The molecule has 0 spiro atoms. The van der Waals surface area contributed by atoms with Gasteiger partial charge in [0.2, 0.25) is 0 Å². The number of H-pyrrole nitrogens is 1. The Hall–Kier alpha value is -3.81. The summed E-state index contributed by atoms with van der Waals surface area (Å²) in [6.45, 7) is 6.14. The van der Waals surface area contributed by atoms with Crippen LogP contribution in [0.2, 0.25) is 0 Å². The van der Waals surface area contributed by atoms with E-state index in [0.29, 0.717) is 12.2 Å². The number of aryl methyl sites for hydroxylation is 2. The highest BCUT2D eigenvalue weighted by atomic mass is 16.5. The fraction of sp³-hybridized carbons (Fsp3) is 0.320. The number of ether oxygens (including phenoxy) is 1. The van der Waals surface area contributed by atoms with Crippen LogP contribution in [0.5, 0.6) is 5.75 Å². The molecule has 8 nitrogen and oxygen atoms in total. The molecule has 1 aromatic heterocycles. The Morgan fingerprint density at radius 2 is 1.82 bits per heavy atom. The van der Waals surface area contributed by atoms with Gasteiger partial charge in [-0.1, -0.05) is 49.7 Å². The van der Waals surface area contributed by atoms with Gasteiger partial charge in [-0.15, -0.1) is 0 Å². The lowest BCUT2D eigenvalue weighted by Crippen LogP contribution is -2.43. The summed E-state index contributed by atoms with van der Waals surface area (Å²) in [7, 11) is 0. The van der Waals surface area contributed by atoms with Crippen LogP contribution < -0.4 is 26.6 Å². The van der Waals surface area contributed by atoms with Gasteiger partial charge in [0.15, 0.2) is 12.3 Å². The lowest BCUT2D eigenvalue weighted by atomic mass is 10.1. The molecule has 0 saturated carbocycles. The first-order chi connectivity index (χ1) is 15.8. The Morgan fingerprint density at radius 1 is 1.09 bits per heavy atom. The third-order valence-corrected chi connectivity index (χ3v) is 5.54. The van der Waals surface area contributed by atoms with Crippen LogP contribution in [-0.4, -0.2) is 28.6 Å². The van der Waals surface area contributed by atoms with E-state index in [-0.39, 0.29) is 31.2 Å². The minimum absolute atomic E-state index is 0.0346. The first-order valence-electron chi connectivity index (χ1n) is 11.0. The van der Waals surface area contributed by atoms with Crippen LogP contribution in [0.25, 0.3) is 0 Å². The molecule has 3 N–H and O–H groups in total. The van der Waals surface area contributed by atoms with E-state index in [9.17, 15) is 14.4 Å². The van der Waals surface area contributed by atoms with Crippen molar-refractivity contribution < 1.29 is 9.53 Å². The molecule has 0 aliphatic carbocycles. The number of nitrogen functional groups attached to an aromatic ring is 1. The average Bonchev–Trinajstić information content (AvgIpc) is 2.80. The number of nitrogens with zero attached hydrogens (tertiary/aromatic N) is 2. The van der Waals surface area contributed by atoms with Crippen LogP contribution >= 0.6 is 0 Å². The summed E-state index contributed by atoms with van der Waals surface area (Å²) < 4.78 is 6.97. The van der Waals surface area contributed by atoms with E-state index in [2.05, 4.69) is 4.98 Å². The molecule has 1 amide bonds. The highest BCUT2D eigenvalue weighted by molar-refractivity contribution is 5.96. The summed E-state index contributed by atoms with van der Waals surface area (Å²) in [6, 6.07) is 14.9. The maximum Gasteiger partial charge on any atom is 0.330 e. The van der Waals surface area contributed by atoms with Crippen molar-refractivity contribution in [2.75, 3.05) is 23.8 Å². The molecule has 0 fully saturated rings. The smallest absolute Gasteiger partial charge is 0.330 e. The molecule has 3 rings (SSSR count). The molecule has 2 aromatic carbocycles. The second-order valence-corrected chi connectivity index (χ2v) is 8.00. The van der Waals surface area contributed by atoms with Crippen LogP contribution in [-0.2, 0) is 11.3 Å². The van der Waals surface area contributed by atoms with Crippen LogP contribution in [0.15, 0.2) is 58.1 Å². The SMILES string of the molecule is CCCCN(C(=O)COc1ccc(C)c(C)c1)c1c(N)n(Cc2ccccc2)c(=O)[nH]c1=O. The molecule has 174 valence electrons. The van der Waals surface area contributed by atoms with Crippen LogP contribution in [0.1, 0.15) is 36.5 Å². The maximum absolute atomic E-state index is 13.1. The topological polar surface area (TPSA) is 110 Å². The number of hydrogen-bond donors (Lipinski definition) is 2. The van der Waals surface area contributed by atoms with Crippen molar-refractivity contribution in [1.82, 2.24) is 9.55 Å². The number of rotatable bonds is 9. The zero-order chi connectivity index (χ0) is 24.0. The Bertz CT molecular complexity index is 1230. The summed E-state index contributed by atoms with van der Waals surface area (Å²) in [5, 5.41) is 0. The quantitative estimate of drug-likeness (QED) is 0.521. The summed E-state index contributed by atoms with van der Waals surface area (Å²) in [5.41, 5.74) is 7.96. The van der Waals surface area contributed by atoms with Gasteiger partial charge in [-0.3, -0.25) is 19.1 Å². The molecule has 8 heteroatoms. The number of benzene rings is 2. The first kappa shape index (κ1) is 23.8. The number of nitrogens with one attached hydrogen (secondary N) is 1. The lowest BCUT2D eigenvalue weighted by Gasteiger charge is -2.24. The number of aromatic nitrogens is 2. The van der Waals surface area contributed by atoms with Gasteiger partial charge in [0.1, 0.15) is 11.6 Å². The Kier molecular flexibility index (Phi) is 7.71. The van der Waals surface area contributed by atoms with Gasteiger partial charge < -0.3 is 15.4 Å². The van der Waals surface area contributed by atoms with Crippen LogP contribution in [0.4, 0.5) is 11.5 Å². The van der Waals surface area contributed by atoms with Gasteiger partial charge >= 0.3 is 5.69 Å². The molecule has 33 heavy (non-hydrogen) atoms. The van der Waals surface area contributed by atoms with E-state index >= 15 is 0 Å². The number of anilines is 2. The van der Waals surface area contributed by atoms with E-state index in [1.54, 1.807) is 6.07 Å². The van der Waals surface area contributed by atoms with Gasteiger partial charge in [0.25, 0.3) is 11.5 Å². The molecule has 0 atom stereocenters. The molecule has 0 unspecified atom stereocenters. The van der Waals surface area contributed by atoms with Crippen molar-refractivity contribution in [1.29, 1.82) is 0 Å². The average molecular weight is 451 g/mol. The maximum atomic E-state index is 13.1. The molecule has 3 aromatic rings. The summed E-state index contributed by atoms with van der Waals surface area (Å²) in [5.74, 6) is 0.102. The summed E-state index contributed by atoms with van der Waals surface area (Å²) >= 11 is 0. The van der Waals surface area contributed by atoms with Gasteiger partial charge in [-0.25, -0.2) is 4.79 Å². The molecule has 0 radical (unpaired) electrons. The Morgan fingerprint density at radius 3 is 2.48 bits per heavy atom. The van der Waals surface area contributed by atoms with Crippen molar-refractivity contribution >= 4 is 17.4 Å². The number of nitrogens with two attached hydrogens (primary N) is 1. The van der Waals surface area contributed by atoms with Crippen molar-refractivity contribution in [2.24, 2.45) is 0 Å². The fourth-order valence-corrected chi connectivity index (χ4v) is 3.47. The van der Waals surface area contributed by atoms with Gasteiger partial charge in [0.05, 0.1) is 6.54 Å². The molecular formula is C25H30N4O4. The monoisotopic (exact) mass is 450 g/mol. The standard InChI is InChI=1S/C25H30N4O4/c1-4-5-13-28(21(30)16-33-20-12-11-17(2)18(3)14-20)22-23(26)29(25(32)27-24(22)31)15-19-9-7-6-8-10-19/h6-12,14H,4-5,13,15-16,26H2,1-3H3,(H,27,31,32). The number of carbonyl (C=O) groups excluding carboxylic acids is 1. The Balaban J connectivity index is 1.92. The second kappa shape index (κ2) is 10.7. The minimum atomic E-state index is -0.697. The van der Waals surface area contributed by atoms with E-state index in [1.807, 2.05) is 63.2 Å². The van der Waals surface area contributed by atoms with Crippen molar-refractivity contribution in [3.05, 3.63) is 86.1 Å². The zero-order valence-corrected chi connectivity index (χ0v) is 19.3. The molecule has 1 heterocycles. The van der Waals surface area contributed by atoms with Crippen molar-refractivity contribution in [2.45, 2.75) is 40.2 Å².